The van der Waals surface area contributed by atoms with E-state index in [4.69, 9.17) is 0 Å². The van der Waals surface area contributed by atoms with Crippen molar-refractivity contribution >= 4 is 28.1 Å². The molecule has 180 valence electrons. The largest absolute Gasteiger partial charge is 0.378 e. The molecule has 1 fully saturated rings. The molecule has 1 N–H and O–H groups in total. The van der Waals surface area contributed by atoms with Gasteiger partial charge in [0.2, 0.25) is 0 Å². The number of hydrogen-bond donors (Lipinski definition) is 1. The summed E-state index contributed by atoms with van der Waals surface area (Å²) in [6, 6.07) is 11.4. The molecular weight excluding hydrogens is 456 g/mol. The zero-order chi connectivity index (χ0) is 25.0. The summed E-state index contributed by atoms with van der Waals surface area (Å²) in [6.45, 7) is 0. The van der Waals surface area contributed by atoms with Gasteiger partial charge >= 0.3 is 5.69 Å². The first-order valence-electron chi connectivity index (χ1n) is 11.1. The van der Waals surface area contributed by atoms with Gasteiger partial charge in [-0.2, -0.15) is 0 Å². The maximum Gasteiger partial charge on any atom is 0.337 e. The number of nitrogens with zero attached hydrogens (tertiary/aromatic N) is 4. The summed E-state index contributed by atoms with van der Waals surface area (Å²) < 4.78 is 32.6. The van der Waals surface area contributed by atoms with Crippen molar-refractivity contribution in [1.82, 2.24) is 13.7 Å². The average Bonchev–Trinajstić information content (AvgIpc) is 3.64. The highest BCUT2D eigenvalue weighted by molar-refractivity contribution is 5.91. The van der Waals surface area contributed by atoms with E-state index in [-0.39, 0.29) is 22.8 Å². The lowest BCUT2D eigenvalue weighted by Gasteiger charge is -2.19. The SMILES string of the molecule is CN(C)c1ccc(Nc2cc(=O)n(C)c3c2c(=O)n(C2CC2)c(=O)n3-c2c(F)cccc2F)cc1. The third-order valence-electron chi connectivity index (χ3n) is 6.19. The zero-order valence-electron chi connectivity index (χ0n) is 19.4. The summed E-state index contributed by atoms with van der Waals surface area (Å²) in [5.41, 5.74) is -1.22. The van der Waals surface area contributed by atoms with Crippen LogP contribution in [0, 0.1) is 11.6 Å². The Kier molecular flexibility index (Phi) is 5.31. The van der Waals surface area contributed by atoms with E-state index in [0.29, 0.717) is 18.5 Å². The van der Waals surface area contributed by atoms with Crippen LogP contribution in [0.15, 0.2) is 62.9 Å². The minimum Gasteiger partial charge on any atom is -0.378 e. The quantitative estimate of drug-likeness (QED) is 0.475. The molecule has 8 nitrogen and oxygen atoms in total. The minimum atomic E-state index is -0.987. The van der Waals surface area contributed by atoms with Crippen molar-refractivity contribution in [3.05, 3.63) is 91.4 Å². The molecule has 0 radical (unpaired) electrons. The summed E-state index contributed by atoms with van der Waals surface area (Å²) in [6.07, 6.45) is 1.20. The maximum atomic E-state index is 14.9. The molecule has 0 unspecified atom stereocenters. The number of aromatic nitrogens is 3. The van der Waals surface area contributed by atoms with Crippen molar-refractivity contribution in [3.63, 3.8) is 0 Å². The number of para-hydroxylation sites is 1. The van der Waals surface area contributed by atoms with Crippen molar-refractivity contribution in [1.29, 1.82) is 0 Å². The molecule has 10 heteroatoms. The summed E-state index contributed by atoms with van der Waals surface area (Å²) in [4.78, 5) is 41.9. The van der Waals surface area contributed by atoms with Gasteiger partial charge in [0.25, 0.3) is 11.1 Å². The fourth-order valence-corrected chi connectivity index (χ4v) is 4.22. The Balaban J connectivity index is 1.87. The van der Waals surface area contributed by atoms with E-state index in [9.17, 15) is 23.2 Å². The molecule has 1 aliphatic rings. The molecule has 1 saturated carbocycles. The van der Waals surface area contributed by atoms with Gasteiger partial charge in [-0.1, -0.05) is 6.07 Å². The first kappa shape index (κ1) is 22.6. The topological polar surface area (TPSA) is 81.3 Å². The van der Waals surface area contributed by atoms with Crippen molar-refractivity contribution in [2.75, 3.05) is 24.3 Å². The van der Waals surface area contributed by atoms with Gasteiger partial charge in [-0.05, 0) is 49.2 Å². The van der Waals surface area contributed by atoms with Crippen LogP contribution in [-0.2, 0) is 7.05 Å². The number of rotatable bonds is 5. The first-order chi connectivity index (χ1) is 16.7. The van der Waals surface area contributed by atoms with E-state index in [1.807, 2.05) is 31.1 Å². The third-order valence-corrected chi connectivity index (χ3v) is 6.19. The normalized spacial score (nSPS) is 13.3. The number of hydrogen-bond acceptors (Lipinski definition) is 5. The van der Waals surface area contributed by atoms with Crippen molar-refractivity contribution in [3.8, 4) is 5.69 Å². The summed E-state index contributed by atoms with van der Waals surface area (Å²) >= 11 is 0. The zero-order valence-corrected chi connectivity index (χ0v) is 19.4. The number of fused-ring (bicyclic) bond motifs is 1. The Morgan fingerprint density at radius 3 is 2.17 bits per heavy atom. The number of aryl methyl sites for hydroxylation is 1. The Labute approximate surface area is 198 Å². The average molecular weight is 479 g/mol. The number of benzene rings is 2. The third kappa shape index (κ3) is 3.71. The predicted molar refractivity (Wildman–Crippen MR) is 131 cm³/mol. The fourth-order valence-electron chi connectivity index (χ4n) is 4.22. The molecular formula is C25H23F2N5O3. The van der Waals surface area contributed by atoms with Crippen molar-refractivity contribution in [2.45, 2.75) is 18.9 Å². The van der Waals surface area contributed by atoms with Gasteiger partial charge in [-0.15, -0.1) is 0 Å². The van der Waals surface area contributed by atoms with Gasteiger partial charge in [-0.25, -0.2) is 18.1 Å². The van der Waals surface area contributed by atoms with Crippen LogP contribution in [0.2, 0.25) is 0 Å². The number of nitrogens with one attached hydrogen (secondary N) is 1. The minimum absolute atomic E-state index is 0.0158. The van der Waals surface area contributed by atoms with Gasteiger partial charge in [0.15, 0.2) is 0 Å². The Hall–Kier alpha value is -4.21. The lowest BCUT2D eigenvalue weighted by atomic mass is 10.2. The van der Waals surface area contributed by atoms with E-state index in [1.165, 1.54) is 19.2 Å². The van der Waals surface area contributed by atoms with Gasteiger partial charge in [-0.3, -0.25) is 18.7 Å². The molecule has 2 aromatic heterocycles. The highest BCUT2D eigenvalue weighted by Crippen LogP contribution is 2.34. The molecule has 0 atom stereocenters. The van der Waals surface area contributed by atoms with Gasteiger partial charge in [0.05, 0.1) is 5.69 Å². The monoisotopic (exact) mass is 479 g/mol. The lowest BCUT2D eigenvalue weighted by molar-refractivity contribution is 0.554. The number of anilines is 3. The molecule has 2 heterocycles. The first-order valence-corrected chi connectivity index (χ1v) is 11.1. The summed E-state index contributed by atoms with van der Waals surface area (Å²) in [5, 5.41) is 3.07. The van der Waals surface area contributed by atoms with Crippen LogP contribution in [-0.4, -0.2) is 27.8 Å². The van der Waals surface area contributed by atoms with Gasteiger partial charge in [0, 0.05) is 44.6 Å². The van der Waals surface area contributed by atoms with Crippen LogP contribution in [0.25, 0.3) is 16.7 Å². The van der Waals surface area contributed by atoms with E-state index < -0.39 is 34.1 Å². The van der Waals surface area contributed by atoms with Crippen LogP contribution in [0.5, 0.6) is 0 Å². The summed E-state index contributed by atoms with van der Waals surface area (Å²) in [5.74, 6) is -1.97. The van der Waals surface area contributed by atoms with Crippen LogP contribution < -0.4 is 27.0 Å². The molecule has 2 aromatic carbocycles. The van der Waals surface area contributed by atoms with E-state index in [1.54, 1.807) is 12.1 Å². The molecule has 1 aliphatic carbocycles. The fraction of sp³-hybridized carbons (Fsp3) is 0.240. The van der Waals surface area contributed by atoms with E-state index >= 15 is 0 Å². The standard InChI is InChI=1S/C25H23F2N5O3/c1-29(2)15-9-7-14(8-10-15)28-19-13-20(33)30(3)23-21(19)24(34)31(16-11-12-16)25(35)32(23)22-17(26)5-4-6-18(22)27/h4-10,13,16,28H,11-12H2,1-3H3. The summed E-state index contributed by atoms with van der Waals surface area (Å²) in [7, 11) is 5.16. The smallest absolute Gasteiger partial charge is 0.337 e. The highest BCUT2D eigenvalue weighted by atomic mass is 19.1. The second kappa shape index (κ2) is 8.23. The van der Waals surface area contributed by atoms with Crippen molar-refractivity contribution < 1.29 is 8.78 Å². The Morgan fingerprint density at radius 2 is 1.60 bits per heavy atom. The van der Waals surface area contributed by atoms with Crippen LogP contribution in [0.1, 0.15) is 18.9 Å². The second-order valence-electron chi connectivity index (χ2n) is 8.81. The maximum absolute atomic E-state index is 14.9. The highest BCUT2D eigenvalue weighted by Gasteiger charge is 2.32. The molecule has 0 bridgehead atoms. The van der Waals surface area contributed by atoms with Gasteiger partial charge in [0.1, 0.15) is 28.4 Å². The molecule has 0 spiro atoms. The number of pyridine rings is 1. The van der Waals surface area contributed by atoms with E-state index in [0.717, 1.165) is 31.5 Å². The van der Waals surface area contributed by atoms with Crippen molar-refractivity contribution in [2.24, 2.45) is 7.05 Å². The Morgan fingerprint density at radius 1 is 0.971 bits per heavy atom. The number of halogens is 2. The molecule has 0 amide bonds. The van der Waals surface area contributed by atoms with E-state index in [2.05, 4.69) is 5.32 Å². The van der Waals surface area contributed by atoms with Crippen LogP contribution in [0.4, 0.5) is 25.8 Å². The molecule has 0 aliphatic heterocycles. The molecule has 35 heavy (non-hydrogen) atoms. The lowest BCUT2D eigenvalue weighted by Crippen LogP contribution is -2.42. The van der Waals surface area contributed by atoms with Crippen LogP contribution in [0.3, 0.4) is 0 Å². The predicted octanol–water partition coefficient (Wildman–Crippen LogP) is 3.27. The second-order valence-corrected chi connectivity index (χ2v) is 8.81. The van der Waals surface area contributed by atoms with Crippen LogP contribution >= 0.6 is 0 Å². The molecule has 0 saturated heterocycles. The Bertz CT molecular complexity index is 1630. The molecule has 4 aromatic rings. The van der Waals surface area contributed by atoms with Gasteiger partial charge < -0.3 is 10.2 Å². The molecule has 5 rings (SSSR count).